The highest BCUT2D eigenvalue weighted by molar-refractivity contribution is 5.91. The van der Waals surface area contributed by atoms with Gasteiger partial charge < -0.3 is 9.15 Å². The fourth-order valence-corrected chi connectivity index (χ4v) is 2.11. The summed E-state index contributed by atoms with van der Waals surface area (Å²) in [7, 11) is 0. The standard InChI is InChI=1S/C20H16O3/c1-15(21)7-10-19-13-14-20(23-19)16-8-11-18(12-9-16)22-17-5-3-2-4-6-17/h2-14H,1H3/b10-7+. The predicted molar refractivity (Wildman–Crippen MR) is 90.4 cm³/mol. The number of allylic oxidation sites excluding steroid dienone is 1. The van der Waals surface area contributed by atoms with Crippen LogP contribution in [0, 0.1) is 0 Å². The molecular formula is C20H16O3. The summed E-state index contributed by atoms with van der Waals surface area (Å²) in [6.07, 6.45) is 3.15. The van der Waals surface area contributed by atoms with Gasteiger partial charge >= 0.3 is 0 Å². The first-order valence-electron chi connectivity index (χ1n) is 7.32. The Labute approximate surface area is 134 Å². The van der Waals surface area contributed by atoms with E-state index in [0.717, 1.165) is 22.8 Å². The number of furan rings is 1. The maximum Gasteiger partial charge on any atom is 0.152 e. The molecule has 0 aliphatic heterocycles. The SMILES string of the molecule is CC(=O)/C=C/c1ccc(-c2ccc(Oc3ccccc3)cc2)o1. The van der Waals surface area contributed by atoms with Crippen LogP contribution in [0.15, 0.2) is 77.2 Å². The average molecular weight is 304 g/mol. The van der Waals surface area contributed by atoms with Crippen molar-refractivity contribution in [2.75, 3.05) is 0 Å². The number of ketones is 1. The largest absolute Gasteiger partial charge is 0.457 e. The Kier molecular flexibility index (Phi) is 4.39. The highest BCUT2D eigenvalue weighted by Crippen LogP contribution is 2.27. The molecule has 0 saturated carbocycles. The number of ether oxygens (including phenoxy) is 1. The van der Waals surface area contributed by atoms with Gasteiger partial charge in [-0.1, -0.05) is 18.2 Å². The molecule has 114 valence electrons. The van der Waals surface area contributed by atoms with E-state index in [2.05, 4.69) is 0 Å². The van der Waals surface area contributed by atoms with Gasteiger partial charge in [-0.2, -0.15) is 0 Å². The Morgan fingerprint density at radius 3 is 2.30 bits per heavy atom. The highest BCUT2D eigenvalue weighted by Gasteiger charge is 2.04. The Bertz CT molecular complexity index is 812. The van der Waals surface area contributed by atoms with Crippen molar-refractivity contribution >= 4 is 11.9 Å². The Morgan fingerprint density at radius 2 is 1.61 bits per heavy atom. The quantitative estimate of drug-likeness (QED) is 0.597. The molecule has 0 fully saturated rings. The molecule has 0 bridgehead atoms. The molecule has 1 aromatic heterocycles. The van der Waals surface area contributed by atoms with Gasteiger partial charge in [0, 0.05) is 5.56 Å². The lowest BCUT2D eigenvalue weighted by Crippen LogP contribution is -1.83. The van der Waals surface area contributed by atoms with E-state index in [1.165, 1.54) is 13.0 Å². The van der Waals surface area contributed by atoms with Crippen molar-refractivity contribution in [3.05, 3.63) is 78.6 Å². The normalized spacial score (nSPS) is 10.8. The topological polar surface area (TPSA) is 39.4 Å². The van der Waals surface area contributed by atoms with Crippen LogP contribution in [0.1, 0.15) is 12.7 Å². The Hall–Kier alpha value is -3.07. The maximum atomic E-state index is 10.9. The third kappa shape index (κ3) is 3.98. The highest BCUT2D eigenvalue weighted by atomic mass is 16.5. The van der Waals surface area contributed by atoms with Crippen molar-refractivity contribution in [3.8, 4) is 22.8 Å². The van der Waals surface area contributed by atoms with Crippen LogP contribution in [-0.4, -0.2) is 5.78 Å². The third-order valence-corrected chi connectivity index (χ3v) is 3.23. The average Bonchev–Trinajstić information content (AvgIpc) is 3.04. The van der Waals surface area contributed by atoms with Gasteiger partial charge in [-0.05, 0) is 67.6 Å². The van der Waals surface area contributed by atoms with E-state index in [1.807, 2.05) is 66.7 Å². The van der Waals surface area contributed by atoms with Gasteiger partial charge in [0.15, 0.2) is 5.78 Å². The molecule has 0 saturated heterocycles. The molecule has 0 unspecified atom stereocenters. The van der Waals surface area contributed by atoms with Crippen LogP contribution in [0.2, 0.25) is 0 Å². The number of carbonyl (C=O) groups excluding carboxylic acids is 1. The molecule has 3 nitrogen and oxygen atoms in total. The first-order valence-corrected chi connectivity index (χ1v) is 7.32. The van der Waals surface area contributed by atoms with E-state index in [1.54, 1.807) is 6.08 Å². The first kappa shape index (κ1) is 14.9. The van der Waals surface area contributed by atoms with Crippen LogP contribution in [-0.2, 0) is 4.79 Å². The minimum atomic E-state index is -0.00892. The minimum Gasteiger partial charge on any atom is -0.457 e. The van der Waals surface area contributed by atoms with Crippen molar-refractivity contribution in [1.29, 1.82) is 0 Å². The molecule has 0 atom stereocenters. The summed E-state index contributed by atoms with van der Waals surface area (Å²) in [6, 6.07) is 21.0. The van der Waals surface area contributed by atoms with E-state index >= 15 is 0 Å². The van der Waals surface area contributed by atoms with Crippen LogP contribution < -0.4 is 4.74 Å². The lowest BCUT2D eigenvalue weighted by atomic mass is 10.2. The van der Waals surface area contributed by atoms with Crippen LogP contribution >= 0.6 is 0 Å². The lowest BCUT2D eigenvalue weighted by molar-refractivity contribution is -0.112. The van der Waals surface area contributed by atoms with E-state index in [9.17, 15) is 4.79 Å². The summed E-state index contributed by atoms with van der Waals surface area (Å²) in [5.74, 6) is 2.96. The summed E-state index contributed by atoms with van der Waals surface area (Å²) in [6.45, 7) is 1.51. The minimum absolute atomic E-state index is 0.00892. The van der Waals surface area contributed by atoms with Crippen molar-refractivity contribution < 1.29 is 13.9 Å². The molecule has 3 rings (SSSR count). The molecule has 0 N–H and O–H groups in total. The Morgan fingerprint density at radius 1 is 0.913 bits per heavy atom. The molecule has 3 heteroatoms. The van der Waals surface area contributed by atoms with Gasteiger partial charge in [0.1, 0.15) is 23.0 Å². The predicted octanol–water partition coefficient (Wildman–Crippen LogP) is 5.34. The number of carbonyl (C=O) groups is 1. The van der Waals surface area contributed by atoms with Crippen molar-refractivity contribution in [2.24, 2.45) is 0 Å². The summed E-state index contributed by atoms with van der Waals surface area (Å²) in [5.41, 5.74) is 0.952. The fourth-order valence-electron chi connectivity index (χ4n) is 2.11. The van der Waals surface area contributed by atoms with Gasteiger partial charge in [-0.15, -0.1) is 0 Å². The molecular weight excluding hydrogens is 288 g/mol. The van der Waals surface area contributed by atoms with Gasteiger partial charge in [-0.25, -0.2) is 0 Å². The molecule has 0 aliphatic carbocycles. The van der Waals surface area contributed by atoms with Crippen LogP contribution in [0.5, 0.6) is 11.5 Å². The summed E-state index contributed by atoms with van der Waals surface area (Å²) >= 11 is 0. The second-order valence-corrected chi connectivity index (χ2v) is 5.09. The van der Waals surface area contributed by atoms with E-state index < -0.39 is 0 Å². The number of para-hydroxylation sites is 1. The van der Waals surface area contributed by atoms with Crippen LogP contribution in [0.4, 0.5) is 0 Å². The molecule has 0 spiro atoms. The van der Waals surface area contributed by atoms with Crippen LogP contribution in [0.25, 0.3) is 17.4 Å². The molecule has 2 aromatic carbocycles. The summed E-state index contributed by atoms with van der Waals surface area (Å²) in [4.78, 5) is 10.9. The summed E-state index contributed by atoms with van der Waals surface area (Å²) < 4.78 is 11.5. The van der Waals surface area contributed by atoms with E-state index in [0.29, 0.717) is 5.76 Å². The summed E-state index contributed by atoms with van der Waals surface area (Å²) in [5, 5.41) is 0. The van der Waals surface area contributed by atoms with Crippen molar-refractivity contribution in [3.63, 3.8) is 0 Å². The number of hydrogen-bond donors (Lipinski definition) is 0. The lowest BCUT2D eigenvalue weighted by Gasteiger charge is -2.05. The second kappa shape index (κ2) is 6.79. The number of rotatable bonds is 5. The fraction of sp³-hybridized carbons (Fsp3) is 0.0500. The molecule has 0 aliphatic rings. The van der Waals surface area contributed by atoms with Gasteiger partial charge in [0.2, 0.25) is 0 Å². The van der Waals surface area contributed by atoms with Gasteiger partial charge in [-0.3, -0.25) is 4.79 Å². The number of benzene rings is 2. The third-order valence-electron chi connectivity index (χ3n) is 3.23. The molecule has 0 amide bonds. The first-order chi connectivity index (χ1) is 11.2. The van der Waals surface area contributed by atoms with E-state index in [-0.39, 0.29) is 5.78 Å². The molecule has 23 heavy (non-hydrogen) atoms. The number of hydrogen-bond acceptors (Lipinski definition) is 3. The monoisotopic (exact) mass is 304 g/mol. The molecule has 1 heterocycles. The molecule has 3 aromatic rings. The van der Waals surface area contributed by atoms with Crippen LogP contribution in [0.3, 0.4) is 0 Å². The van der Waals surface area contributed by atoms with Crippen molar-refractivity contribution in [2.45, 2.75) is 6.92 Å². The zero-order chi connectivity index (χ0) is 16.1. The van der Waals surface area contributed by atoms with E-state index in [4.69, 9.17) is 9.15 Å². The second-order valence-electron chi connectivity index (χ2n) is 5.09. The zero-order valence-corrected chi connectivity index (χ0v) is 12.7. The Balaban J connectivity index is 1.73. The van der Waals surface area contributed by atoms with Gasteiger partial charge in [0.25, 0.3) is 0 Å². The zero-order valence-electron chi connectivity index (χ0n) is 12.7. The smallest absolute Gasteiger partial charge is 0.152 e. The molecule has 0 radical (unpaired) electrons. The maximum absolute atomic E-state index is 10.9. The van der Waals surface area contributed by atoms with Gasteiger partial charge in [0.05, 0.1) is 0 Å². The van der Waals surface area contributed by atoms with Crippen molar-refractivity contribution in [1.82, 2.24) is 0 Å².